The Bertz CT molecular complexity index is 330. The van der Waals surface area contributed by atoms with E-state index in [2.05, 4.69) is 4.74 Å². The first-order chi connectivity index (χ1) is 6.09. The molecule has 0 radical (unpaired) electrons. The zero-order valence-electron chi connectivity index (χ0n) is 7.42. The van der Waals surface area contributed by atoms with Gasteiger partial charge in [-0.2, -0.15) is 0 Å². The Morgan fingerprint density at radius 1 is 1.36 bits per heavy atom. The van der Waals surface area contributed by atoms with Crippen molar-refractivity contribution in [3.05, 3.63) is 29.8 Å². The molecule has 14 heavy (non-hydrogen) atoms. The number of hydrogen-bond acceptors (Lipinski definition) is 3. The van der Waals surface area contributed by atoms with E-state index in [0.29, 0.717) is 0 Å². The van der Waals surface area contributed by atoms with Gasteiger partial charge in [-0.05, 0) is 12.1 Å². The normalized spacial score (nSPS) is 9.00. The number of carboxylic acids is 1. The first kappa shape index (κ1) is 12.9. The number of carbonyl (C=O) groups is 1. The van der Waals surface area contributed by atoms with Crippen LogP contribution in [-0.4, -0.2) is 12.6 Å². The number of benzene rings is 1. The second kappa shape index (κ2) is 5.63. The van der Waals surface area contributed by atoms with Gasteiger partial charge in [0.05, 0.1) is 5.97 Å². The van der Waals surface area contributed by atoms with Crippen LogP contribution in [-0.2, 0) is 4.79 Å². The third-order valence-corrected chi connectivity index (χ3v) is 1.25. The van der Waals surface area contributed by atoms with Gasteiger partial charge in [0.25, 0.3) is 0 Å². The van der Waals surface area contributed by atoms with Crippen molar-refractivity contribution in [2.24, 2.45) is 0 Å². The van der Waals surface area contributed by atoms with Crippen LogP contribution in [0, 0.1) is 11.6 Å². The Kier molecular flexibility index (Phi) is 5.21. The molecule has 70 valence electrons. The third kappa shape index (κ3) is 3.77. The summed E-state index contributed by atoms with van der Waals surface area (Å²) in [7, 11) is 0. The van der Waals surface area contributed by atoms with Gasteiger partial charge in [-0.3, -0.25) is 0 Å². The molecule has 0 unspecified atom stereocenters. The van der Waals surface area contributed by atoms with E-state index >= 15 is 0 Å². The molecule has 0 saturated heterocycles. The van der Waals surface area contributed by atoms with Gasteiger partial charge in [0.15, 0.2) is 11.6 Å². The summed E-state index contributed by atoms with van der Waals surface area (Å²) < 4.78 is 29.4. The summed E-state index contributed by atoms with van der Waals surface area (Å²) in [6, 6.07) is 2.74. The van der Waals surface area contributed by atoms with Crippen molar-refractivity contribution in [1.82, 2.24) is 0 Å². The fourth-order valence-electron chi connectivity index (χ4n) is 0.709. The summed E-state index contributed by atoms with van der Waals surface area (Å²) >= 11 is 0. The Morgan fingerprint density at radius 2 is 2.00 bits per heavy atom. The van der Waals surface area contributed by atoms with Gasteiger partial charge in [-0.25, -0.2) is 8.78 Å². The smallest absolute Gasteiger partial charge is 0.546 e. The van der Waals surface area contributed by atoms with E-state index in [1.54, 1.807) is 0 Å². The van der Waals surface area contributed by atoms with E-state index in [1.165, 1.54) is 0 Å². The molecule has 0 spiro atoms. The molecule has 0 aromatic heterocycles. The predicted molar refractivity (Wildman–Crippen MR) is 36.9 cm³/mol. The first-order valence-corrected chi connectivity index (χ1v) is 3.37. The van der Waals surface area contributed by atoms with Gasteiger partial charge < -0.3 is 14.6 Å². The first-order valence-electron chi connectivity index (χ1n) is 3.37. The minimum Gasteiger partial charge on any atom is -0.546 e. The number of aliphatic carboxylic acids is 1. The summed E-state index contributed by atoms with van der Waals surface area (Å²) in [5.74, 6) is -3.58. The third-order valence-electron chi connectivity index (χ3n) is 1.25. The number of ether oxygens (including phenoxy) is 1. The van der Waals surface area contributed by atoms with Crippen LogP contribution >= 0.6 is 0 Å². The zero-order chi connectivity index (χ0) is 9.84. The molecule has 6 heteroatoms. The Labute approximate surface area is 90.9 Å². The Morgan fingerprint density at radius 3 is 2.50 bits per heavy atom. The largest absolute Gasteiger partial charge is 1.00 e. The molecule has 0 bridgehead atoms. The van der Waals surface area contributed by atoms with E-state index in [-0.39, 0.29) is 24.6 Å². The quantitative estimate of drug-likeness (QED) is 0.485. The fraction of sp³-hybridized carbons (Fsp3) is 0.125. The molecule has 3 nitrogen and oxygen atoms in total. The molecular weight excluding hydrogens is 189 g/mol. The van der Waals surface area contributed by atoms with Crippen molar-refractivity contribution in [3.63, 3.8) is 0 Å². The van der Waals surface area contributed by atoms with Crippen molar-refractivity contribution < 1.29 is 42.3 Å². The molecule has 1 aromatic rings. The Hall–Kier alpha value is -1.05. The maximum atomic E-state index is 12.5. The second-order valence-corrected chi connectivity index (χ2v) is 2.24. The summed E-state index contributed by atoms with van der Waals surface area (Å²) in [6.07, 6.45) is 0. The van der Waals surface area contributed by atoms with Crippen LogP contribution in [0.15, 0.2) is 18.2 Å². The Balaban J connectivity index is 0.00000169. The molecule has 0 atom stereocenters. The van der Waals surface area contributed by atoms with E-state index in [0.717, 1.165) is 18.2 Å². The minimum atomic E-state index is -1.43. The molecule has 0 saturated carbocycles. The van der Waals surface area contributed by atoms with Crippen molar-refractivity contribution in [2.45, 2.75) is 0 Å². The van der Waals surface area contributed by atoms with E-state index < -0.39 is 24.2 Å². The summed E-state index contributed by atoms with van der Waals surface area (Å²) in [4.78, 5) is 9.92. The molecular formula is C8H5F2LiO3. The second-order valence-electron chi connectivity index (χ2n) is 2.24. The molecule has 0 fully saturated rings. The zero-order valence-corrected chi connectivity index (χ0v) is 7.42. The minimum absolute atomic E-state index is 0. The average molecular weight is 194 g/mol. The van der Waals surface area contributed by atoms with E-state index in [1.807, 2.05) is 0 Å². The van der Waals surface area contributed by atoms with Crippen LogP contribution in [0.2, 0.25) is 0 Å². The predicted octanol–water partition coefficient (Wildman–Crippen LogP) is -2.90. The molecule has 1 aromatic carbocycles. The van der Waals surface area contributed by atoms with Gasteiger partial charge in [0, 0.05) is 6.07 Å². The van der Waals surface area contributed by atoms with Crippen LogP contribution in [0.4, 0.5) is 8.78 Å². The monoisotopic (exact) mass is 194 g/mol. The molecule has 0 aliphatic rings. The molecule has 0 N–H and O–H groups in total. The molecule has 0 aliphatic carbocycles. The molecule has 1 rings (SSSR count). The van der Waals surface area contributed by atoms with E-state index in [9.17, 15) is 18.7 Å². The van der Waals surface area contributed by atoms with Gasteiger partial charge in [-0.1, -0.05) is 0 Å². The number of hydrogen-bond donors (Lipinski definition) is 0. The number of carboxylic acid groups (broad SMARTS) is 1. The molecule has 0 heterocycles. The summed E-state index contributed by atoms with van der Waals surface area (Å²) in [6.45, 7) is -0.689. The van der Waals surface area contributed by atoms with Crippen LogP contribution in [0.1, 0.15) is 0 Å². The van der Waals surface area contributed by atoms with Crippen LogP contribution in [0.5, 0.6) is 5.75 Å². The molecule has 0 aliphatic heterocycles. The summed E-state index contributed by atoms with van der Waals surface area (Å²) in [5, 5.41) is 9.92. The van der Waals surface area contributed by atoms with Gasteiger partial charge >= 0.3 is 18.9 Å². The maximum Gasteiger partial charge on any atom is 1.00 e. The van der Waals surface area contributed by atoms with Crippen LogP contribution in [0.25, 0.3) is 0 Å². The average Bonchev–Trinajstić information content (AvgIpc) is 2.07. The van der Waals surface area contributed by atoms with Gasteiger partial charge in [0.1, 0.15) is 12.4 Å². The van der Waals surface area contributed by atoms with Crippen LogP contribution < -0.4 is 28.7 Å². The SMILES string of the molecule is O=C([O-])COc1ccc(F)c(F)c1.[Li+]. The number of halogens is 2. The summed E-state index contributed by atoms with van der Waals surface area (Å²) in [5.41, 5.74) is 0. The standard InChI is InChI=1S/C8H6F2O3.Li/c9-6-2-1-5(3-7(6)10)13-4-8(11)12;/h1-3H,4H2,(H,11,12);/q;+1/p-1. The van der Waals surface area contributed by atoms with E-state index in [4.69, 9.17) is 0 Å². The maximum absolute atomic E-state index is 12.5. The fourth-order valence-corrected chi connectivity index (χ4v) is 0.709. The number of rotatable bonds is 3. The van der Waals surface area contributed by atoms with Gasteiger partial charge in [-0.15, -0.1) is 0 Å². The number of carbonyl (C=O) groups excluding carboxylic acids is 1. The topological polar surface area (TPSA) is 49.4 Å². The van der Waals surface area contributed by atoms with Crippen molar-refractivity contribution >= 4 is 5.97 Å². The van der Waals surface area contributed by atoms with Crippen molar-refractivity contribution in [2.75, 3.05) is 6.61 Å². The van der Waals surface area contributed by atoms with Crippen LogP contribution in [0.3, 0.4) is 0 Å². The van der Waals surface area contributed by atoms with Crippen molar-refractivity contribution in [1.29, 1.82) is 0 Å². The van der Waals surface area contributed by atoms with Gasteiger partial charge in [0.2, 0.25) is 0 Å². The molecule has 0 amide bonds. The van der Waals surface area contributed by atoms with Crippen molar-refractivity contribution in [3.8, 4) is 5.75 Å².